The van der Waals surface area contributed by atoms with E-state index < -0.39 is 11.7 Å². The SMILES string of the molecule is Cc1cc(NC(=O)c2ccc(F)cc2Cl)sc1C(=O)N(C(C)C)C1CCCC1. The van der Waals surface area contributed by atoms with Crippen LogP contribution >= 0.6 is 22.9 Å². The average molecular weight is 423 g/mol. The first kappa shape index (κ1) is 20.8. The van der Waals surface area contributed by atoms with E-state index in [1.807, 2.05) is 25.7 Å². The van der Waals surface area contributed by atoms with Gasteiger partial charge >= 0.3 is 0 Å². The Hall–Kier alpha value is -1.92. The van der Waals surface area contributed by atoms with Crippen molar-refractivity contribution < 1.29 is 14.0 Å². The Kier molecular flexibility index (Phi) is 6.40. The third-order valence-corrected chi connectivity index (χ3v) is 6.49. The van der Waals surface area contributed by atoms with Crippen molar-refractivity contribution >= 4 is 39.8 Å². The number of thiophene rings is 1. The van der Waals surface area contributed by atoms with Crippen molar-refractivity contribution in [1.82, 2.24) is 4.90 Å². The van der Waals surface area contributed by atoms with Crippen LogP contribution in [0.15, 0.2) is 24.3 Å². The lowest BCUT2D eigenvalue weighted by molar-refractivity contribution is 0.0617. The number of nitrogens with zero attached hydrogens (tertiary/aromatic N) is 1. The minimum atomic E-state index is -0.498. The molecular weight excluding hydrogens is 399 g/mol. The maximum Gasteiger partial charge on any atom is 0.264 e. The molecular formula is C21H24ClFN2O2S. The standard InChI is InChI=1S/C21H24ClFN2O2S/c1-12(2)25(15-6-4-5-7-15)21(27)19-13(3)10-18(28-19)24-20(26)16-9-8-14(23)11-17(16)22/h8-12,15H,4-7H2,1-3H3,(H,24,26). The predicted molar refractivity (Wildman–Crippen MR) is 112 cm³/mol. The van der Waals surface area contributed by atoms with Gasteiger partial charge in [0, 0.05) is 12.1 Å². The molecule has 0 atom stereocenters. The summed E-state index contributed by atoms with van der Waals surface area (Å²) in [5, 5.41) is 3.40. The second-order valence-corrected chi connectivity index (χ2v) is 8.90. The molecule has 0 aliphatic heterocycles. The van der Waals surface area contributed by atoms with Crippen LogP contribution in [0.5, 0.6) is 0 Å². The highest BCUT2D eigenvalue weighted by Gasteiger charge is 2.31. The van der Waals surface area contributed by atoms with Gasteiger partial charge < -0.3 is 10.2 Å². The normalized spacial score (nSPS) is 14.5. The summed E-state index contributed by atoms with van der Waals surface area (Å²) in [5.74, 6) is -0.909. The first-order valence-corrected chi connectivity index (χ1v) is 10.7. The topological polar surface area (TPSA) is 49.4 Å². The molecule has 1 saturated carbocycles. The Morgan fingerprint density at radius 3 is 2.54 bits per heavy atom. The van der Waals surface area contributed by atoms with Gasteiger partial charge in [-0.3, -0.25) is 9.59 Å². The molecule has 0 unspecified atom stereocenters. The third-order valence-electron chi connectivity index (χ3n) is 5.03. The van der Waals surface area contributed by atoms with Gasteiger partial charge in [-0.25, -0.2) is 4.39 Å². The highest BCUT2D eigenvalue weighted by atomic mass is 35.5. The van der Waals surface area contributed by atoms with Crippen LogP contribution in [-0.4, -0.2) is 28.8 Å². The van der Waals surface area contributed by atoms with E-state index in [9.17, 15) is 14.0 Å². The zero-order valence-electron chi connectivity index (χ0n) is 16.2. The summed E-state index contributed by atoms with van der Waals surface area (Å²) in [4.78, 5) is 28.3. The van der Waals surface area contributed by atoms with Crippen molar-refractivity contribution in [2.75, 3.05) is 5.32 Å². The molecule has 1 aliphatic rings. The molecule has 2 aromatic rings. The van der Waals surface area contributed by atoms with Gasteiger partial charge in [-0.1, -0.05) is 24.4 Å². The molecule has 1 heterocycles. The maximum atomic E-state index is 13.2. The first-order valence-electron chi connectivity index (χ1n) is 9.47. The highest BCUT2D eigenvalue weighted by Crippen LogP contribution is 2.32. The summed E-state index contributed by atoms with van der Waals surface area (Å²) in [5.41, 5.74) is 1.02. The maximum absolute atomic E-state index is 13.2. The number of anilines is 1. The molecule has 28 heavy (non-hydrogen) atoms. The molecule has 4 nitrogen and oxygen atoms in total. The molecule has 7 heteroatoms. The van der Waals surface area contributed by atoms with E-state index in [2.05, 4.69) is 5.32 Å². The van der Waals surface area contributed by atoms with Crippen molar-refractivity contribution in [3.8, 4) is 0 Å². The summed E-state index contributed by atoms with van der Waals surface area (Å²) < 4.78 is 13.2. The monoisotopic (exact) mass is 422 g/mol. The Morgan fingerprint density at radius 2 is 1.93 bits per heavy atom. The van der Waals surface area contributed by atoms with Crippen LogP contribution in [0.4, 0.5) is 9.39 Å². The largest absolute Gasteiger partial charge is 0.333 e. The van der Waals surface area contributed by atoms with Gasteiger partial charge in [0.25, 0.3) is 11.8 Å². The number of halogens is 2. The average Bonchev–Trinajstić information content (AvgIpc) is 3.24. The summed E-state index contributed by atoms with van der Waals surface area (Å²) in [7, 11) is 0. The summed E-state index contributed by atoms with van der Waals surface area (Å²) in [6.07, 6.45) is 4.40. The molecule has 0 bridgehead atoms. The fourth-order valence-corrected chi connectivity index (χ4v) is 5.00. The van der Waals surface area contributed by atoms with Crippen LogP contribution in [0.1, 0.15) is 65.1 Å². The van der Waals surface area contributed by atoms with Gasteiger partial charge in [0.2, 0.25) is 0 Å². The van der Waals surface area contributed by atoms with Crippen LogP contribution in [0.25, 0.3) is 0 Å². The molecule has 1 N–H and O–H groups in total. The lowest BCUT2D eigenvalue weighted by atomic mass is 10.1. The number of aryl methyl sites for hydroxylation is 1. The van der Waals surface area contributed by atoms with Crippen molar-refractivity contribution in [2.45, 2.75) is 58.5 Å². The van der Waals surface area contributed by atoms with Gasteiger partial charge in [0.05, 0.1) is 20.5 Å². The molecule has 0 radical (unpaired) electrons. The Bertz CT molecular complexity index is 891. The van der Waals surface area contributed by atoms with Gasteiger partial charge in [0.1, 0.15) is 5.82 Å². The molecule has 150 valence electrons. The molecule has 3 rings (SSSR count). The van der Waals surface area contributed by atoms with E-state index >= 15 is 0 Å². The fourth-order valence-electron chi connectivity index (χ4n) is 3.73. The number of rotatable bonds is 5. The predicted octanol–water partition coefficient (Wildman–Crippen LogP) is 5.89. The lowest BCUT2D eigenvalue weighted by Gasteiger charge is -2.32. The van der Waals surface area contributed by atoms with Crippen molar-refractivity contribution in [2.24, 2.45) is 0 Å². The van der Waals surface area contributed by atoms with Crippen LogP contribution in [0, 0.1) is 12.7 Å². The van der Waals surface area contributed by atoms with Crippen LogP contribution in [0.2, 0.25) is 5.02 Å². The van der Waals surface area contributed by atoms with E-state index in [1.165, 1.54) is 23.5 Å². The van der Waals surface area contributed by atoms with Crippen molar-refractivity contribution in [3.63, 3.8) is 0 Å². The molecule has 1 fully saturated rings. The second kappa shape index (κ2) is 8.62. The first-order chi connectivity index (χ1) is 13.3. The Labute approximate surface area is 173 Å². The molecule has 1 aromatic heterocycles. The van der Waals surface area contributed by atoms with E-state index in [4.69, 9.17) is 11.6 Å². The number of hydrogen-bond acceptors (Lipinski definition) is 3. The Balaban J connectivity index is 1.80. The number of hydrogen-bond donors (Lipinski definition) is 1. The van der Waals surface area contributed by atoms with Crippen molar-refractivity contribution in [1.29, 1.82) is 0 Å². The summed E-state index contributed by atoms with van der Waals surface area (Å²) >= 11 is 7.23. The third kappa shape index (κ3) is 4.39. The minimum Gasteiger partial charge on any atom is -0.333 e. The smallest absolute Gasteiger partial charge is 0.264 e. The van der Waals surface area contributed by atoms with Crippen LogP contribution in [-0.2, 0) is 0 Å². The van der Waals surface area contributed by atoms with E-state index in [0.29, 0.717) is 9.88 Å². The molecule has 1 aromatic carbocycles. The quantitative estimate of drug-likeness (QED) is 0.652. The number of nitrogens with one attached hydrogen (secondary N) is 1. The van der Waals surface area contributed by atoms with Crippen LogP contribution in [0.3, 0.4) is 0 Å². The fraction of sp³-hybridized carbons (Fsp3) is 0.429. The summed E-state index contributed by atoms with van der Waals surface area (Å²) in [6.45, 7) is 5.95. The van der Waals surface area contributed by atoms with Crippen LogP contribution < -0.4 is 5.32 Å². The molecule has 0 spiro atoms. The Morgan fingerprint density at radius 1 is 1.25 bits per heavy atom. The van der Waals surface area contributed by atoms with Gasteiger partial charge in [0.15, 0.2) is 0 Å². The van der Waals surface area contributed by atoms with E-state index in [0.717, 1.165) is 37.3 Å². The number of carbonyl (C=O) groups is 2. The van der Waals surface area contributed by atoms with Gasteiger partial charge in [-0.05, 0) is 63.4 Å². The molecule has 1 aliphatic carbocycles. The molecule has 0 saturated heterocycles. The minimum absolute atomic E-state index is 0.0183. The zero-order valence-corrected chi connectivity index (χ0v) is 17.8. The van der Waals surface area contributed by atoms with Crippen molar-refractivity contribution in [3.05, 3.63) is 51.1 Å². The van der Waals surface area contributed by atoms with E-state index in [1.54, 1.807) is 6.07 Å². The number of carbonyl (C=O) groups excluding carboxylic acids is 2. The van der Waals surface area contributed by atoms with Gasteiger partial charge in [-0.2, -0.15) is 0 Å². The zero-order chi connectivity index (χ0) is 20.4. The number of benzene rings is 1. The lowest BCUT2D eigenvalue weighted by Crippen LogP contribution is -2.43. The molecule has 2 amide bonds. The highest BCUT2D eigenvalue weighted by molar-refractivity contribution is 7.18. The van der Waals surface area contributed by atoms with E-state index in [-0.39, 0.29) is 28.6 Å². The second-order valence-electron chi connectivity index (χ2n) is 7.45. The summed E-state index contributed by atoms with van der Waals surface area (Å²) in [6, 6.07) is 5.84. The number of amides is 2. The van der Waals surface area contributed by atoms with Gasteiger partial charge in [-0.15, -0.1) is 11.3 Å².